The van der Waals surface area contributed by atoms with Gasteiger partial charge in [0.15, 0.2) is 0 Å². The highest BCUT2D eigenvalue weighted by molar-refractivity contribution is 6.03. The summed E-state index contributed by atoms with van der Waals surface area (Å²) in [6, 6.07) is 14.7. The van der Waals surface area contributed by atoms with Crippen LogP contribution in [0.15, 0.2) is 48.5 Å². The fourth-order valence-corrected chi connectivity index (χ4v) is 3.46. The third-order valence-corrected chi connectivity index (χ3v) is 5.09. The first kappa shape index (κ1) is 20.6. The van der Waals surface area contributed by atoms with Gasteiger partial charge in [0.1, 0.15) is 0 Å². The molecule has 2 aromatic rings. The average molecular weight is 393 g/mol. The zero-order chi connectivity index (χ0) is 21.0. The molecule has 0 aliphatic carbocycles. The van der Waals surface area contributed by atoms with E-state index >= 15 is 0 Å². The van der Waals surface area contributed by atoms with Gasteiger partial charge in [0.25, 0.3) is 5.91 Å². The van der Waals surface area contributed by atoms with E-state index in [0.29, 0.717) is 17.8 Å². The number of benzene rings is 2. The Morgan fingerprint density at radius 1 is 1.07 bits per heavy atom. The van der Waals surface area contributed by atoms with Gasteiger partial charge in [-0.25, -0.2) is 0 Å². The molecule has 6 heteroatoms. The molecule has 1 fully saturated rings. The zero-order valence-electron chi connectivity index (χ0n) is 17.1. The van der Waals surface area contributed by atoms with Crippen LogP contribution in [0.25, 0.3) is 0 Å². The summed E-state index contributed by atoms with van der Waals surface area (Å²) in [5, 5.41) is 2.85. The standard InChI is InChI=1S/C23H27N3O3/c1-4-5-16-6-12-20(13-7-16)26-15-18(14-21(26)27)22(28)24-19-10-8-17(9-11-19)23(29)25(2)3/h6-13,18H,4-5,14-15H2,1-3H3,(H,24,28)/t18-/m1/s1. The Kier molecular flexibility index (Phi) is 6.32. The lowest BCUT2D eigenvalue weighted by atomic mass is 10.1. The summed E-state index contributed by atoms with van der Waals surface area (Å²) >= 11 is 0. The van der Waals surface area contributed by atoms with Gasteiger partial charge in [-0.3, -0.25) is 14.4 Å². The van der Waals surface area contributed by atoms with Crippen LogP contribution in [-0.2, 0) is 16.0 Å². The van der Waals surface area contributed by atoms with Crippen LogP contribution in [0, 0.1) is 5.92 Å². The Balaban J connectivity index is 1.62. The summed E-state index contributed by atoms with van der Waals surface area (Å²) in [5.41, 5.74) is 3.24. The van der Waals surface area contributed by atoms with E-state index in [1.165, 1.54) is 10.5 Å². The number of hydrogen-bond acceptors (Lipinski definition) is 3. The number of hydrogen-bond donors (Lipinski definition) is 1. The molecule has 0 bridgehead atoms. The predicted molar refractivity (Wildman–Crippen MR) is 114 cm³/mol. The summed E-state index contributed by atoms with van der Waals surface area (Å²) in [6.45, 7) is 2.50. The maximum atomic E-state index is 12.6. The van der Waals surface area contributed by atoms with Gasteiger partial charge < -0.3 is 15.1 Å². The highest BCUT2D eigenvalue weighted by Crippen LogP contribution is 2.26. The number of nitrogens with one attached hydrogen (secondary N) is 1. The molecule has 1 atom stereocenters. The molecule has 6 nitrogen and oxygen atoms in total. The van der Waals surface area contributed by atoms with E-state index in [0.717, 1.165) is 18.5 Å². The van der Waals surface area contributed by atoms with E-state index in [9.17, 15) is 14.4 Å². The van der Waals surface area contributed by atoms with Crippen molar-refractivity contribution in [3.63, 3.8) is 0 Å². The molecule has 1 N–H and O–H groups in total. The Morgan fingerprint density at radius 2 is 1.72 bits per heavy atom. The Morgan fingerprint density at radius 3 is 2.31 bits per heavy atom. The van der Waals surface area contributed by atoms with Crippen LogP contribution in [-0.4, -0.2) is 43.3 Å². The third-order valence-electron chi connectivity index (χ3n) is 5.09. The first-order valence-corrected chi connectivity index (χ1v) is 9.91. The first-order valence-electron chi connectivity index (χ1n) is 9.91. The summed E-state index contributed by atoms with van der Waals surface area (Å²) in [4.78, 5) is 40.2. The first-order chi connectivity index (χ1) is 13.9. The van der Waals surface area contributed by atoms with Crippen LogP contribution in [0.4, 0.5) is 11.4 Å². The van der Waals surface area contributed by atoms with E-state index in [1.807, 2.05) is 24.3 Å². The minimum atomic E-state index is -0.402. The lowest BCUT2D eigenvalue weighted by molar-refractivity contribution is -0.122. The summed E-state index contributed by atoms with van der Waals surface area (Å²) in [7, 11) is 3.39. The second-order valence-corrected chi connectivity index (χ2v) is 7.59. The van der Waals surface area contributed by atoms with Crippen LogP contribution < -0.4 is 10.2 Å². The molecular formula is C23H27N3O3. The van der Waals surface area contributed by atoms with Crippen LogP contribution >= 0.6 is 0 Å². The number of carbonyl (C=O) groups excluding carboxylic acids is 3. The maximum Gasteiger partial charge on any atom is 0.253 e. The molecule has 1 aliphatic heterocycles. The van der Waals surface area contributed by atoms with Gasteiger partial charge in [-0.2, -0.15) is 0 Å². The Hall–Kier alpha value is -3.15. The minimum Gasteiger partial charge on any atom is -0.345 e. The second-order valence-electron chi connectivity index (χ2n) is 7.59. The Bertz CT molecular complexity index is 889. The molecule has 0 radical (unpaired) electrons. The van der Waals surface area contributed by atoms with Crippen molar-refractivity contribution in [1.29, 1.82) is 0 Å². The summed E-state index contributed by atoms with van der Waals surface area (Å²) < 4.78 is 0. The van der Waals surface area contributed by atoms with E-state index in [-0.39, 0.29) is 24.1 Å². The van der Waals surface area contributed by atoms with Gasteiger partial charge in [-0.1, -0.05) is 25.5 Å². The SMILES string of the molecule is CCCc1ccc(N2C[C@H](C(=O)Nc3ccc(C(=O)N(C)C)cc3)CC2=O)cc1. The lowest BCUT2D eigenvalue weighted by Crippen LogP contribution is -2.28. The van der Waals surface area contributed by atoms with E-state index in [2.05, 4.69) is 12.2 Å². The van der Waals surface area contributed by atoms with Crippen molar-refractivity contribution in [2.45, 2.75) is 26.2 Å². The minimum absolute atomic E-state index is 0.0414. The molecule has 3 rings (SSSR count). The molecule has 0 unspecified atom stereocenters. The van der Waals surface area contributed by atoms with Crippen molar-refractivity contribution in [2.75, 3.05) is 30.9 Å². The quantitative estimate of drug-likeness (QED) is 0.818. The number of anilines is 2. The molecule has 152 valence electrons. The van der Waals surface area contributed by atoms with E-state index in [4.69, 9.17) is 0 Å². The lowest BCUT2D eigenvalue weighted by Gasteiger charge is -2.17. The number of amides is 3. The maximum absolute atomic E-state index is 12.6. The van der Waals surface area contributed by atoms with Crippen LogP contribution in [0.5, 0.6) is 0 Å². The van der Waals surface area contributed by atoms with Gasteiger partial charge in [-0.05, 0) is 48.4 Å². The van der Waals surface area contributed by atoms with Gasteiger partial charge in [0, 0.05) is 44.0 Å². The van der Waals surface area contributed by atoms with Crippen molar-refractivity contribution in [3.05, 3.63) is 59.7 Å². The monoisotopic (exact) mass is 393 g/mol. The van der Waals surface area contributed by atoms with Gasteiger partial charge in [-0.15, -0.1) is 0 Å². The van der Waals surface area contributed by atoms with Gasteiger partial charge in [0.05, 0.1) is 5.92 Å². The number of aryl methyl sites for hydroxylation is 1. The predicted octanol–water partition coefficient (Wildman–Crippen LogP) is 3.33. The van der Waals surface area contributed by atoms with Crippen LogP contribution in [0.2, 0.25) is 0 Å². The largest absolute Gasteiger partial charge is 0.345 e. The van der Waals surface area contributed by atoms with Crippen LogP contribution in [0.1, 0.15) is 35.7 Å². The zero-order valence-corrected chi connectivity index (χ0v) is 17.1. The van der Waals surface area contributed by atoms with E-state index < -0.39 is 5.92 Å². The van der Waals surface area contributed by atoms with Crippen molar-refractivity contribution in [3.8, 4) is 0 Å². The molecule has 29 heavy (non-hydrogen) atoms. The highest BCUT2D eigenvalue weighted by atomic mass is 16.2. The number of rotatable bonds is 6. The molecular weight excluding hydrogens is 366 g/mol. The molecule has 3 amide bonds. The average Bonchev–Trinajstić information content (AvgIpc) is 3.10. The highest BCUT2D eigenvalue weighted by Gasteiger charge is 2.35. The van der Waals surface area contributed by atoms with Crippen molar-refractivity contribution in [2.24, 2.45) is 5.92 Å². The van der Waals surface area contributed by atoms with Crippen molar-refractivity contribution >= 4 is 29.1 Å². The molecule has 1 aliphatic rings. The topological polar surface area (TPSA) is 69.7 Å². The number of carbonyl (C=O) groups is 3. The third kappa shape index (κ3) is 4.83. The summed E-state index contributed by atoms with van der Waals surface area (Å²) in [6.07, 6.45) is 2.28. The Labute approximate surface area is 171 Å². The molecule has 0 spiro atoms. The fourth-order valence-electron chi connectivity index (χ4n) is 3.46. The fraction of sp³-hybridized carbons (Fsp3) is 0.348. The van der Waals surface area contributed by atoms with Crippen molar-refractivity contribution in [1.82, 2.24) is 4.90 Å². The van der Waals surface area contributed by atoms with Crippen LogP contribution in [0.3, 0.4) is 0 Å². The van der Waals surface area contributed by atoms with E-state index in [1.54, 1.807) is 43.3 Å². The normalized spacial score (nSPS) is 16.0. The number of nitrogens with zero attached hydrogens (tertiary/aromatic N) is 2. The smallest absolute Gasteiger partial charge is 0.253 e. The summed E-state index contributed by atoms with van der Waals surface area (Å²) in [5.74, 6) is -0.721. The second kappa shape index (κ2) is 8.90. The van der Waals surface area contributed by atoms with Gasteiger partial charge in [0.2, 0.25) is 11.8 Å². The molecule has 1 heterocycles. The van der Waals surface area contributed by atoms with Gasteiger partial charge >= 0.3 is 0 Å². The molecule has 1 saturated heterocycles. The molecule has 0 aromatic heterocycles. The molecule has 0 saturated carbocycles. The molecule has 2 aromatic carbocycles. The van der Waals surface area contributed by atoms with Crippen molar-refractivity contribution < 1.29 is 14.4 Å².